The predicted molar refractivity (Wildman–Crippen MR) is 151 cm³/mol. The Morgan fingerprint density at radius 2 is 1.49 bits per heavy atom. The van der Waals surface area contributed by atoms with Crippen molar-refractivity contribution in [3.05, 3.63) is 71.8 Å². The van der Waals surface area contributed by atoms with Crippen LogP contribution >= 0.6 is 0 Å². The monoisotopic (exact) mass is 562 g/mol. The number of aliphatic hydroxyl groups is 1. The van der Waals surface area contributed by atoms with Gasteiger partial charge in [0.1, 0.15) is 6.04 Å². The van der Waals surface area contributed by atoms with Crippen molar-refractivity contribution in [2.24, 2.45) is 11.8 Å². The van der Waals surface area contributed by atoms with E-state index in [4.69, 9.17) is 0 Å². The molecule has 10 nitrogen and oxygen atoms in total. The zero-order chi connectivity index (χ0) is 29.6. The van der Waals surface area contributed by atoms with Crippen molar-refractivity contribution >= 4 is 29.4 Å². The molecule has 0 aromatic heterocycles. The summed E-state index contributed by atoms with van der Waals surface area (Å²) in [4.78, 5) is 65.5. The van der Waals surface area contributed by atoms with E-state index in [1.165, 1.54) is 0 Å². The van der Waals surface area contributed by atoms with E-state index in [9.17, 15) is 29.1 Å². The van der Waals surface area contributed by atoms with E-state index >= 15 is 0 Å². The van der Waals surface area contributed by atoms with E-state index in [2.05, 4.69) is 21.3 Å². The molecule has 0 spiro atoms. The smallest absolute Gasteiger partial charge is 0.289 e. The van der Waals surface area contributed by atoms with Crippen LogP contribution in [0.15, 0.2) is 60.7 Å². The summed E-state index contributed by atoms with van der Waals surface area (Å²) < 4.78 is 0. The summed E-state index contributed by atoms with van der Waals surface area (Å²) in [6.45, 7) is 4.21. The minimum Gasteiger partial charge on any atom is -0.372 e. The van der Waals surface area contributed by atoms with Gasteiger partial charge in [-0.15, -0.1) is 0 Å². The van der Waals surface area contributed by atoms with Gasteiger partial charge in [0.15, 0.2) is 5.60 Å². The van der Waals surface area contributed by atoms with E-state index < -0.39 is 47.1 Å². The van der Waals surface area contributed by atoms with Crippen LogP contribution in [0.25, 0.3) is 0 Å². The summed E-state index contributed by atoms with van der Waals surface area (Å²) >= 11 is 0. The van der Waals surface area contributed by atoms with Crippen LogP contribution in [0.4, 0.5) is 0 Å². The molecule has 4 amide bonds. The van der Waals surface area contributed by atoms with E-state index in [0.717, 1.165) is 12.8 Å². The Kier molecular flexibility index (Phi) is 9.54. The molecule has 3 atom stereocenters. The van der Waals surface area contributed by atoms with Gasteiger partial charge in [-0.25, -0.2) is 0 Å². The lowest BCUT2D eigenvalue weighted by Crippen LogP contribution is -2.57. The number of amides is 4. The van der Waals surface area contributed by atoms with Gasteiger partial charge in [-0.05, 0) is 49.1 Å². The number of carbonyl (C=O) groups is 5. The number of hydrogen-bond donors (Lipinski definition) is 5. The van der Waals surface area contributed by atoms with Crippen molar-refractivity contribution in [3.63, 3.8) is 0 Å². The number of ketones is 1. The van der Waals surface area contributed by atoms with Crippen LogP contribution in [0.5, 0.6) is 0 Å². The molecule has 2 fully saturated rings. The second-order valence-corrected chi connectivity index (χ2v) is 11.3. The van der Waals surface area contributed by atoms with Crippen LogP contribution in [0.1, 0.15) is 57.1 Å². The van der Waals surface area contributed by atoms with Crippen LogP contribution in [0.2, 0.25) is 0 Å². The molecule has 0 bridgehead atoms. The Morgan fingerprint density at radius 3 is 1.98 bits per heavy atom. The summed E-state index contributed by atoms with van der Waals surface area (Å²) in [7, 11) is 0. The fourth-order valence-corrected chi connectivity index (χ4v) is 5.05. The van der Waals surface area contributed by atoms with E-state index in [1.54, 1.807) is 60.7 Å². The fourth-order valence-electron chi connectivity index (χ4n) is 5.05. The first kappa shape index (κ1) is 29.9. The molecule has 1 heterocycles. The maximum Gasteiger partial charge on any atom is 0.289 e. The lowest BCUT2D eigenvalue weighted by Gasteiger charge is -2.31. The van der Waals surface area contributed by atoms with Crippen molar-refractivity contribution in [2.75, 3.05) is 6.54 Å². The van der Waals surface area contributed by atoms with Gasteiger partial charge in [0.25, 0.3) is 11.8 Å². The van der Waals surface area contributed by atoms with Gasteiger partial charge in [-0.3, -0.25) is 24.0 Å². The standard InChI is InChI=1S/C31H38N4O6/c1-19(2)17-25(35-30(40)31(41,21-9-5-3-6-10-21)22-11-7-4-8-12-22)28(38)34-24(18-20-15-16-32-27(20)37)26(36)29(39)33-23-13-14-23/h3-12,19-20,23-25,41H,13-18H2,1-2H3,(H,32,37)(H,33,39)(H,34,38)(H,35,40)/t20-,24+,25+/m0/s1. The summed E-state index contributed by atoms with van der Waals surface area (Å²) in [6.07, 6.45) is 2.23. The quantitative estimate of drug-likeness (QED) is 0.232. The molecule has 4 rings (SSSR count). The molecule has 2 aromatic carbocycles. The second-order valence-electron chi connectivity index (χ2n) is 11.3. The third kappa shape index (κ3) is 7.38. The Labute approximate surface area is 239 Å². The average Bonchev–Trinajstić information content (AvgIpc) is 3.70. The number of benzene rings is 2. The average molecular weight is 563 g/mol. The maximum absolute atomic E-state index is 13.8. The molecule has 2 aliphatic rings. The lowest BCUT2D eigenvalue weighted by atomic mass is 9.85. The zero-order valence-corrected chi connectivity index (χ0v) is 23.4. The molecule has 1 aliphatic carbocycles. The van der Waals surface area contributed by atoms with Gasteiger partial charge in [-0.1, -0.05) is 74.5 Å². The maximum atomic E-state index is 13.8. The molecule has 41 heavy (non-hydrogen) atoms. The lowest BCUT2D eigenvalue weighted by molar-refractivity contribution is -0.142. The SMILES string of the molecule is CC(C)C[C@@H](NC(=O)C(O)(c1ccccc1)c1ccccc1)C(=O)N[C@H](C[C@@H]1CCNC1=O)C(=O)C(=O)NC1CC1. The van der Waals surface area contributed by atoms with E-state index in [-0.39, 0.29) is 30.7 Å². The highest BCUT2D eigenvalue weighted by atomic mass is 16.3. The molecule has 10 heteroatoms. The van der Waals surface area contributed by atoms with Gasteiger partial charge in [0, 0.05) is 18.5 Å². The Bertz CT molecular complexity index is 1220. The normalized spacial score (nSPS) is 18.2. The van der Waals surface area contributed by atoms with Crippen molar-refractivity contribution < 1.29 is 29.1 Å². The number of hydrogen-bond acceptors (Lipinski definition) is 6. The molecular weight excluding hydrogens is 524 g/mol. The highest BCUT2D eigenvalue weighted by Crippen LogP contribution is 2.30. The first-order chi connectivity index (χ1) is 19.6. The van der Waals surface area contributed by atoms with Crippen LogP contribution in [-0.4, -0.2) is 59.2 Å². The first-order valence-electron chi connectivity index (χ1n) is 14.2. The molecular formula is C31H38N4O6. The molecule has 1 aliphatic heterocycles. The molecule has 218 valence electrons. The third-order valence-corrected chi connectivity index (χ3v) is 7.49. The van der Waals surface area contributed by atoms with Crippen LogP contribution < -0.4 is 21.3 Å². The van der Waals surface area contributed by atoms with E-state index in [0.29, 0.717) is 24.1 Å². The van der Waals surface area contributed by atoms with Crippen molar-refractivity contribution in [1.29, 1.82) is 0 Å². The van der Waals surface area contributed by atoms with Gasteiger partial charge < -0.3 is 26.4 Å². The Morgan fingerprint density at radius 1 is 0.902 bits per heavy atom. The highest BCUT2D eigenvalue weighted by molar-refractivity contribution is 6.38. The van der Waals surface area contributed by atoms with Gasteiger partial charge >= 0.3 is 0 Å². The second kappa shape index (κ2) is 13.1. The summed E-state index contributed by atoms with van der Waals surface area (Å²) in [5, 5.41) is 22.6. The molecule has 0 unspecified atom stereocenters. The number of Topliss-reactive ketones (excluding diaryl/α,β-unsaturated/α-hetero) is 1. The molecule has 1 saturated carbocycles. The third-order valence-electron chi connectivity index (χ3n) is 7.49. The van der Waals surface area contributed by atoms with Crippen LogP contribution in [0, 0.1) is 11.8 Å². The van der Waals surface area contributed by atoms with Gasteiger partial charge in [-0.2, -0.15) is 0 Å². The van der Waals surface area contributed by atoms with Gasteiger partial charge in [0.05, 0.1) is 6.04 Å². The van der Waals surface area contributed by atoms with Crippen LogP contribution in [-0.2, 0) is 29.6 Å². The van der Waals surface area contributed by atoms with Gasteiger partial charge in [0.2, 0.25) is 17.6 Å². The first-order valence-corrected chi connectivity index (χ1v) is 14.2. The molecule has 5 N–H and O–H groups in total. The van der Waals surface area contributed by atoms with Crippen molar-refractivity contribution in [3.8, 4) is 0 Å². The largest absolute Gasteiger partial charge is 0.372 e. The topological polar surface area (TPSA) is 154 Å². The van der Waals surface area contributed by atoms with Crippen LogP contribution in [0.3, 0.4) is 0 Å². The Hall–Kier alpha value is -4.05. The number of nitrogens with one attached hydrogen (secondary N) is 4. The number of carbonyl (C=O) groups excluding carboxylic acids is 5. The van der Waals surface area contributed by atoms with Crippen molar-refractivity contribution in [2.45, 2.75) is 69.7 Å². The summed E-state index contributed by atoms with van der Waals surface area (Å²) in [5.74, 6) is -3.92. The van der Waals surface area contributed by atoms with Crippen molar-refractivity contribution in [1.82, 2.24) is 21.3 Å². The molecule has 2 aromatic rings. The molecule has 0 radical (unpaired) electrons. The summed E-state index contributed by atoms with van der Waals surface area (Å²) in [5.41, 5.74) is -1.45. The predicted octanol–water partition coefficient (Wildman–Crippen LogP) is 1.31. The minimum atomic E-state index is -2.10. The minimum absolute atomic E-state index is 0.0329. The van der Waals surface area contributed by atoms with E-state index in [1.807, 2.05) is 13.8 Å². The molecule has 1 saturated heterocycles. The zero-order valence-electron chi connectivity index (χ0n) is 23.4. The summed E-state index contributed by atoms with van der Waals surface area (Å²) in [6, 6.07) is 14.4. The fraction of sp³-hybridized carbons (Fsp3) is 0.452. The highest BCUT2D eigenvalue weighted by Gasteiger charge is 2.42. The number of rotatable bonds is 13. The Balaban J connectivity index is 1.58.